The Kier molecular flexibility index (Phi) is 8.72. The van der Waals surface area contributed by atoms with Crippen LogP contribution in [0.15, 0.2) is 76.6 Å². The second-order valence-electron chi connectivity index (χ2n) is 9.19. The molecule has 0 N–H and O–H groups in total. The molecule has 4 rings (SSSR count). The molecule has 5 nitrogen and oxygen atoms in total. The summed E-state index contributed by atoms with van der Waals surface area (Å²) < 4.78 is 12.0. The maximum Gasteiger partial charge on any atom is 0.266 e. The van der Waals surface area contributed by atoms with Crippen LogP contribution < -0.4 is 9.47 Å². The summed E-state index contributed by atoms with van der Waals surface area (Å²) in [6, 6.07) is 22.1. The van der Waals surface area contributed by atoms with Gasteiger partial charge in [-0.15, -0.1) is 0 Å². The summed E-state index contributed by atoms with van der Waals surface area (Å²) in [4.78, 5) is 20.7. The molecule has 0 aromatic heterocycles. The second kappa shape index (κ2) is 12.2. The molecule has 0 saturated carbocycles. The maximum absolute atomic E-state index is 13.4. The minimum Gasteiger partial charge on any atom is -0.490 e. The number of rotatable bonds is 9. The number of nitrogens with zero attached hydrogens (tertiary/aromatic N) is 2. The van der Waals surface area contributed by atoms with E-state index in [1.54, 1.807) is 4.90 Å². The van der Waals surface area contributed by atoms with Crippen LogP contribution in [-0.2, 0) is 11.4 Å². The van der Waals surface area contributed by atoms with Crippen molar-refractivity contribution >= 4 is 34.6 Å². The minimum absolute atomic E-state index is 0.0251. The van der Waals surface area contributed by atoms with Gasteiger partial charge >= 0.3 is 0 Å². The van der Waals surface area contributed by atoms with Crippen LogP contribution in [0.2, 0.25) is 0 Å². The summed E-state index contributed by atoms with van der Waals surface area (Å²) >= 11 is 1.41. The Morgan fingerprint density at radius 2 is 1.73 bits per heavy atom. The molecule has 3 aromatic rings. The monoisotopic (exact) mass is 514 g/mol. The molecule has 0 unspecified atom stereocenters. The third kappa shape index (κ3) is 6.63. The molecule has 6 heteroatoms. The van der Waals surface area contributed by atoms with Crippen molar-refractivity contribution < 1.29 is 14.3 Å². The van der Waals surface area contributed by atoms with Gasteiger partial charge in [0, 0.05) is 6.04 Å². The quantitative estimate of drug-likeness (QED) is 0.275. The Hall–Kier alpha value is -3.51. The molecule has 1 aliphatic rings. The van der Waals surface area contributed by atoms with Crippen molar-refractivity contribution in [2.45, 2.75) is 53.7 Å². The van der Waals surface area contributed by atoms with Crippen LogP contribution in [0.1, 0.15) is 49.4 Å². The first-order valence-corrected chi connectivity index (χ1v) is 13.5. The fourth-order valence-corrected chi connectivity index (χ4v) is 5.07. The number of ether oxygens (including phenoxy) is 2. The zero-order valence-electron chi connectivity index (χ0n) is 22.2. The summed E-state index contributed by atoms with van der Waals surface area (Å²) in [7, 11) is 0. The lowest BCUT2D eigenvalue weighted by Gasteiger charge is -2.22. The summed E-state index contributed by atoms with van der Waals surface area (Å²) in [5.41, 5.74) is 5.19. The SMILES string of the molecule is CCOc1cc(/C=C2/SC(=Nc3ccc(C)cc3)N([C@H](C)CC)C2=O)ccc1OCc1cccc(C)c1. The normalized spacial score (nSPS) is 16.5. The number of benzene rings is 3. The second-order valence-corrected chi connectivity index (χ2v) is 10.2. The van der Waals surface area contributed by atoms with Gasteiger partial charge in [0.05, 0.1) is 17.2 Å². The molecule has 0 bridgehead atoms. The van der Waals surface area contributed by atoms with Gasteiger partial charge in [0.15, 0.2) is 16.7 Å². The maximum atomic E-state index is 13.4. The Balaban J connectivity index is 1.60. The molecular formula is C31H34N2O3S. The van der Waals surface area contributed by atoms with Crippen molar-refractivity contribution in [1.29, 1.82) is 0 Å². The molecule has 1 saturated heterocycles. The number of hydrogen-bond donors (Lipinski definition) is 0. The molecule has 1 amide bonds. The van der Waals surface area contributed by atoms with E-state index >= 15 is 0 Å². The van der Waals surface area contributed by atoms with Gasteiger partial charge in [0.1, 0.15) is 6.61 Å². The Labute approximate surface area is 224 Å². The van der Waals surface area contributed by atoms with E-state index in [2.05, 4.69) is 32.9 Å². The highest BCUT2D eigenvalue weighted by Gasteiger charge is 2.36. The highest BCUT2D eigenvalue weighted by atomic mass is 32.2. The van der Waals surface area contributed by atoms with Crippen LogP contribution in [0.4, 0.5) is 5.69 Å². The summed E-state index contributed by atoms with van der Waals surface area (Å²) in [6.07, 6.45) is 2.75. The molecule has 1 heterocycles. The largest absolute Gasteiger partial charge is 0.490 e. The predicted octanol–water partition coefficient (Wildman–Crippen LogP) is 7.68. The molecule has 3 aromatic carbocycles. The molecule has 0 radical (unpaired) electrons. The van der Waals surface area contributed by atoms with E-state index in [0.29, 0.717) is 34.8 Å². The number of aryl methyl sites for hydroxylation is 2. The summed E-state index contributed by atoms with van der Waals surface area (Å²) in [5, 5.41) is 0.706. The minimum atomic E-state index is -0.0251. The number of amides is 1. The highest BCUT2D eigenvalue weighted by molar-refractivity contribution is 8.18. The number of thioether (sulfide) groups is 1. The predicted molar refractivity (Wildman–Crippen MR) is 154 cm³/mol. The van der Waals surface area contributed by atoms with Crippen LogP contribution in [0.5, 0.6) is 11.5 Å². The van der Waals surface area contributed by atoms with Gasteiger partial charge in [0.2, 0.25) is 0 Å². The van der Waals surface area contributed by atoms with Crippen molar-refractivity contribution in [3.8, 4) is 11.5 Å². The van der Waals surface area contributed by atoms with Crippen LogP contribution in [0.3, 0.4) is 0 Å². The Morgan fingerprint density at radius 3 is 2.43 bits per heavy atom. The van der Waals surface area contributed by atoms with E-state index < -0.39 is 0 Å². The van der Waals surface area contributed by atoms with Gasteiger partial charge in [-0.05, 0) is 87.3 Å². The van der Waals surface area contributed by atoms with E-state index in [0.717, 1.165) is 23.2 Å². The van der Waals surface area contributed by atoms with Gasteiger partial charge < -0.3 is 9.47 Å². The van der Waals surface area contributed by atoms with Crippen LogP contribution >= 0.6 is 11.8 Å². The van der Waals surface area contributed by atoms with Crippen LogP contribution in [-0.4, -0.2) is 28.6 Å². The third-order valence-corrected chi connectivity index (χ3v) is 7.15. The fourth-order valence-electron chi connectivity index (χ4n) is 3.98. The van der Waals surface area contributed by atoms with E-state index in [4.69, 9.17) is 14.5 Å². The number of carbonyl (C=O) groups is 1. The molecule has 192 valence electrons. The van der Waals surface area contributed by atoms with E-state index in [1.165, 1.54) is 22.9 Å². The van der Waals surface area contributed by atoms with Crippen LogP contribution in [0, 0.1) is 13.8 Å². The van der Waals surface area contributed by atoms with Gasteiger partial charge in [-0.2, -0.15) is 0 Å². The van der Waals surface area contributed by atoms with Crippen molar-refractivity contribution in [3.05, 3.63) is 93.9 Å². The zero-order valence-corrected chi connectivity index (χ0v) is 23.0. The molecule has 37 heavy (non-hydrogen) atoms. The molecule has 1 aliphatic heterocycles. The van der Waals surface area contributed by atoms with Gasteiger partial charge in [0.25, 0.3) is 5.91 Å². The molecular weight excluding hydrogens is 480 g/mol. The number of amidine groups is 1. The average molecular weight is 515 g/mol. The molecule has 1 atom stereocenters. The first-order valence-electron chi connectivity index (χ1n) is 12.7. The summed E-state index contributed by atoms with van der Waals surface area (Å²) in [6.45, 7) is 11.2. The molecule has 1 fully saturated rings. The highest BCUT2D eigenvalue weighted by Crippen LogP contribution is 2.37. The molecule has 0 spiro atoms. The number of carbonyl (C=O) groups excluding carboxylic acids is 1. The fraction of sp³-hybridized carbons (Fsp3) is 0.290. The van der Waals surface area contributed by atoms with Crippen molar-refractivity contribution in [2.75, 3.05) is 6.61 Å². The first kappa shape index (κ1) is 26.6. The van der Waals surface area contributed by atoms with Crippen LogP contribution in [0.25, 0.3) is 6.08 Å². The zero-order chi connectivity index (χ0) is 26.4. The Bertz CT molecular complexity index is 1310. The topological polar surface area (TPSA) is 51.1 Å². The van der Waals surface area contributed by atoms with Crippen molar-refractivity contribution in [1.82, 2.24) is 4.90 Å². The molecule has 0 aliphatic carbocycles. The lowest BCUT2D eigenvalue weighted by Crippen LogP contribution is -2.36. The third-order valence-electron chi connectivity index (χ3n) is 6.17. The number of aliphatic imine (C=N–C) groups is 1. The lowest BCUT2D eigenvalue weighted by molar-refractivity contribution is -0.123. The van der Waals surface area contributed by atoms with Gasteiger partial charge in [-0.3, -0.25) is 9.69 Å². The Morgan fingerprint density at radius 1 is 0.946 bits per heavy atom. The first-order chi connectivity index (χ1) is 17.9. The van der Waals surface area contributed by atoms with Gasteiger partial charge in [-0.25, -0.2) is 4.99 Å². The van der Waals surface area contributed by atoms with E-state index in [1.807, 2.05) is 74.5 Å². The van der Waals surface area contributed by atoms with Gasteiger partial charge in [-0.1, -0.05) is 60.5 Å². The van der Waals surface area contributed by atoms with Crippen molar-refractivity contribution in [2.24, 2.45) is 4.99 Å². The standard InChI is InChI=1S/C31H34N2O3S/c1-6-23(5)33-30(34)29(37-31(33)32-26-14-11-21(3)12-15-26)19-24-13-16-27(28(18-24)35-7-2)36-20-25-10-8-9-22(4)17-25/h8-19,23H,6-7,20H2,1-5H3/b29-19+,32-31?/t23-/m1/s1. The smallest absolute Gasteiger partial charge is 0.266 e. The summed E-state index contributed by atoms with van der Waals surface area (Å²) in [5.74, 6) is 1.31. The van der Waals surface area contributed by atoms with Crippen molar-refractivity contribution in [3.63, 3.8) is 0 Å². The number of hydrogen-bond acceptors (Lipinski definition) is 5. The average Bonchev–Trinajstić information content (AvgIpc) is 3.19. The van der Waals surface area contributed by atoms with E-state index in [-0.39, 0.29) is 11.9 Å². The lowest BCUT2D eigenvalue weighted by atomic mass is 10.1. The van der Waals surface area contributed by atoms with E-state index in [9.17, 15) is 4.79 Å².